The molecular weight excluding hydrogens is 513 g/mol. The molecule has 0 unspecified atom stereocenters. The zero-order chi connectivity index (χ0) is 20.7. The molecule has 0 fully saturated rings. The molecule has 1 aromatic rings. The minimum absolute atomic E-state index is 0. The zero-order valence-electron chi connectivity index (χ0n) is 16.9. The number of sulfonamides is 1. The van der Waals surface area contributed by atoms with Crippen molar-refractivity contribution >= 4 is 57.6 Å². The highest BCUT2D eigenvalue weighted by atomic mass is 127. The molecule has 28 heavy (non-hydrogen) atoms. The number of hydrogen-bond donors (Lipinski definition) is 3. The molecule has 160 valence electrons. The Balaban J connectivity index is 0.00000729. The molecule has 1 rings (SSSR count). The highest BCUT2D eigenvalue weighted by molar-refractivity contribution is 14.0. The van der Waals surface area contributed by atoms with Crippen LogP contribution in [0.15, 0.2) is 34.2 Å². The van der Waals surface area contributed by atoms with Crippen molar-refractivity contribution in [2.75, 3.05) is 33.4 Å². The Labute approximate surface area is 189 Å². The Morgan fingerprint density at radius 3 is 2.25 bits per heavy atom. The molecule has 1 amide bonds. The molecule has 0 saturated heterocycles. The van der Waals surface area contributed by atoms with Crippen molar-refractivity contribution < 1.29 is 13.2 Å². The highest BCUT2D eigenvalue weighted by Gasteiger charge is 2.16. The number of amides is 1. The molecule has 0 aromatic heterocycles. The number of nitrogens with zero attached hydrogens (tertiary/aromatic N) is 2. The molecule has 0 radical (unpaired) electrons. The fourth-order valence-electron chi connectivity index (χ4n) is 1.82. The minimum Gasteiger partial charge on any atom is -0.355 e. The lowest BCUT2D eigenvalue weighted by atomic mass is 10.2. The number of benzene rings is 1. The van der Waals surface area contributed by atoms with Gasteiger partial charge in [0.2, 0.25) is 15.9 Å². The van der Waals surface area contributed by atoms with Gasteiger partial charge in [0.25, 0.3) is 0 Å². The van der Waals surface area contributed by atoms with Gasteiger partial charge in [-0.15, -0.1) is 24.0 Å². The van der Waals surface area contributed by atoms with E-state index in [9.17, 15) is 13.2 Å². The average Bonchev–Trinajstić information content (AvgIpc) is 2.60. The number of thioether (sulfide) groups is 1. The number of halogens is 1. The topological polar surface area (TPSA) is 117 Å². The third-order valence-corrected chi connectivity index (χ3v) is 5.99. The van der Waals surface area contributed by atoms with E-state index in [4.69, 9.17) is 5.14 Å². The number of guanidine groups is 1. The first-order valence-electron chi connectivity index (χ1n) is 8.34. The van der Waals surface area contributed by atoms with Crippen LogP contribution in [-0.2, 0) is 21.4 Å². The second-order valence-corrected chi connectivity index (χ2v) is 9.89. The lowest BCUT2D eigenvalue weighted by Gasteiger charge is -2.24. The first-order chi connectivity index (χ1) is 12.4. The summed E-state index contributed by atoms with van der Waals surface area (Å²) in [6.07, 6.45) is 2.04. The standard InChI is InChI=1S/C17H29N5O3S2.HI/c1-17(2,26-5)12-21-16(20-11-15(23)22(3)4)19-10-13-6-8-14(9-7-13)27(18,24)25;/h6-9H,10-12H2,1-5H3,(H2,18,24,25)(H2,19,20,21);1H. The fourth-order valence-corrected chi connectivity index (χ4v) is 2.55. The van der Waals surface area contributed by atoms with E-state index in [0.29, 0.717) is 19.0 Å². The van der Waals surface area contributed by atoms with Crippen LogP contribution in [0, 0.1) is 0 Å². The maximum Gasteiger partial charge on any atom is 0.241 e. The van der Waals surface area contributed by atoms with Crippen molar-refractivity contribution in [1.29, 1.82) is 0 Å². The van der Waals surface area contributed by atoms with Gasteiger partial charge in [0.15, 0.2) is 5.96 Å². The summed E-state index contributed by atoms with van der Waals surface area (Å²) < 4.78 is 22.6. The summed E-state index contributed by atoms with van der Waals surface area (Å²) in [7, 11) is -0.325. The van der Waals surface area contributed by atoms with E-state index in [2.05, 4.69) is 29.5 Å². The summed E-state index contributed by atoms with van der Waals surface area (Å²) in [5.74, 6) is 0.453. The van der Waals surface area contributed by atoms with Crippen LogP contribution in [0.1, 0.15) is 19.4 Å². The average molecular weight is 543 g/mol. The number of primary sulfonamides is 1. The van der Waals surface area contributed by atoms with E-state index in [-0.39, 0.29) is 46.1 Å². The van der Waals surface area contributed by atoms with Crippen molar-refractivity contribution in [2.24, 2.45) is 10.1 Å². The Bertz CT molecular complexity index is 766. The van der Waals surface area contributed by atoms with Crippen LogP contribution in [0.3, 0.4) is 0 Å². The Kier molecular flexibility index (Phi) is 11.4. The predicted octanol–water partition coefficient (Wildman–Crippen LogP) is 1.22. The normalized spacial score (nSPS) is 12.1. The van der Waals surface area contributed by atoms with Gasteiger partial charge in [-0.3, -0.25) is 4.79 Å². The molecule has 0 aliphatic rings. The summed E-state index contributed by atoms with van der Waals surface area (Å²) >= 11 is 1.73. The molecule has 0 saturated carbocycles. The minimum atomic E-state index is -3.71. The lowest BCUT2D eigenvalue weighted by molar-refractivity contribution is -0.127. The second-order valence-electron chi connectivity index (χ2n) is 6.81. The molecular formula is C17H30IN5O3S2. The summed E-state index contributed by atoms with van der Waals surface area (Å²) in [6, 6.07) is 6.23. The van der Waals surface area contributed by atoms with Gasteiger partial charge in [0.05, 0.1) is 18.0 Å². The Morgan fingerprint density at radius 2 is 1.79 bits per heavy atom. The summed E-state index contributed by atoms with van der Waals surface area (Å²) in [5.41, 5.74) is 0.826. The van der Waals surface area contributed by atoms with Crippen LogP contribution in [0.4, 0.5) is 0 Å². The number of aliphatic imine (C=N–C) groups is 1. The monoisotopic (exact) mass is 543 g/mol. The van der Waals surface area contributed by atoms with Gasteiger partial charge in [-0.25, -0.2) is 18.5 Å². The van der Waals surface area contributed by atoms with E-state index in [0.717, 1.165) is 5.56 Å². The molecule has 11 heteroatoms. The van der Waals surface area contributed by atoms with E-state index >= 15 is 0 Å². The molecule has 4 N–H and O–H groups in total. The molecule has 0 aliphatic carbocycles. The van der Waals surface area contributed by atoms with Crippen LogP contribution in [0.25, 0.3) is 0 Å². The van der Waals surface area contributed by atoms with Crippen molar-refractivity contribution in [3.8, 4) is 0 Å². The zero-order valence-corrected chi connectivity index (χ0v) is 20.8. The molecule has 0 aliphatic heterocycles. The number of nitrogens with two attached hydrogens (primary N) is 1. The van der Waals surface area contributed by atoms with E-state index in [1.807, 2.05) is 6.26 Å². The largest absolute Gasteiger partial charge is 0.355 e. The van der Waals surface area contributed by atoms with Gasteiger partial charge in [-0.2, -0.15) is 11.8 Å². The van der Waals surface area contributed by atoms with E-state index < -0.39 is 10.0 Å². The Hall–Kier alpha value is -1.05. The maximum atomic E-state index is 11.8. The first kappa shape index (κ1) is 27.0. The van der Waals surface area contributed by atoms with Crippen molar-refractivity contribution in [1.82, 2.24) is 15.5 Å². The third-order valence-electron chi connectivity index (χ3n) is 3.81. The number of carbonyl (C=O) groups excluding carboxylic acids is 1. The number of hydrogen-bond acceptors (Lipinski definition) is 5. The summed E-state index contributed by atoms with van der Waals surface area (Å²) in [4.78, 5) is 17.9. The number of rotatable bonds is 8. The number of nitrogens with one attached hydrogen (secondary N) is 2. The molecule has 0 heterocycles. The second kappa shape index (κ2) is 11.8. The van der Waals surface area contributed by atoms with E-state index in [1.165, 1.54) is 17.0 Å². The number of carbonyl (C=O) groups is 1. The van der Waals surface area contributed by atoms with Gasteiger partial charge in [0.1, 0.15) is 0 Å². The third kappa shape index (κ3) is 9.94. The van der Waals surface area contributed by atoms with Gasteiger partial charge >= 0.3 is 0 Å². The SMILES string of the molecule is CSC(C)(C)CNC(=NCc1ccc(S(N)(=O)=O)cc1)NCC(=O)N(C)C.I. The molecule has 8 nitrogen and oxygen atoms in total. The van der Waals surface area contributed by atoms with Gasteiger partial charge in [0, 0.05) is 25.4 Å². The van der Waals surface area contributed by atoms with Crippen LogP contribution in [0.2, 0.25) is 0 Å². The van der Waals surface area contributed by atoms with Gasteiger partial charge < -0.3 is 15.5 Å². The maximum absolute atomic E-state index is 11.8. The van der Waals surface area contributed by atoms with Crippen molar-refractivity contribution in [3.63, 3.8) is 0 Å². The van der Waals surface area contributed by atoms with Crippen molar-refractivity contribution in [2.45, 2.75) is 30.0 Å². The van der Waals surface area contributed by atoms with Crippen LogP contribution in [0.5, 0.6) is 0 Å². The smallest absolute Gasteiger partial charge is 0.241 e. The summed E-state index contributed by atoms with van der Waals surface area (Å²) in [6.45, 7) is 5.35. The predicted molar refractivity (Wildman–Crippen MR) is 127 cm³/mol. The fraction of sp³-hybridized carbons (Fsp3) is 0.529. The van der Waals surface area contributed by atoms with Gasteiger partial charge in [-0.1, -0.05) is 12.1 Å². The molecule has 1 aromatic carbocycles. The van der Waals surface area contributed by atoms with Gasteiger partial charge in [-0.05, 0) is 37.8 Å². The number of likely N-dealkylation sites (N-methyl/N-ethyl adjacent to an activating group) is 1. The first-order valence-corrected chi connectivity index (χ1v) is 11.1. The quantitative estimate of drug-likeness (QED) is 0.258. The molecule has 0 bridgehead atoms. The van der Waals surface area contributed by atoms with Crippen LogP contribution in [-0.4, -0.2) is 63.4 Å². The molecule has 0 atom stereocenters. The van der Waals surface area contributed by atoms with Crippen LogP contribution < -0.4 is 15.8 Å². The lowest BCUT2D eigenvalue weighted by Crippen LogP contribution is -2.46. The van der Waals surface area contributed by atoms with Crippen LogP contribution >= 0.6 is 35.7 Å². The van der Waals surface area contributed by atoms with Crippen molar-refractivity contribution in [3.05, 3.63) is 29.8 Å². The highest BCUT2D eigenvalue weighted by Crippen LogP contribution is 2.19. The van der Waals surface area contributed by atoms with E-state index in [1.54, 1.807) is 38.0 Å². The molecule has 0 spiro atoms. The summed E-state index contributed by atoms with van der Waals surface area (Å²) in [5, 5.41) is 11.4. The Morgan fingerprint density at radius 1 is 1.21 bits per heavy atom.